The van der Waals surface area contributed by atoms with Gasteiger partial charge in [-0.2, -0.15) is 0 Å². The third-order valence-electron chi connectivity index (χ3n) is 5.51. The van der Waals surface area contributed by atoms with Crippen LogP contribution in [-0.4, -0.2) is 28.0 Å². The molecule has 0 aliphatic carbocycles. The zero-order valence-electron chi connectivity index (χ0n) is 18.2. The number of ether oxygens (including phenoxy) is 1. The summed E-state index contributed by atoms with van der Waals surface area (Å²) in [6.45, 7) is 2.36. The van der Waals surface area contributed by atoms with Crippen molar-refractivity contribution in [1.82, 2.24) is 4.57 Å². The highest BCUT2D eigenvalue weighted by molar-refractivity contribution is 5.94. The molecule has 3 aromatic rings. The van der Waals surface area contributed by atoms with Crippen LogP contribution in [0.1, 0.15) is 61.4 Å². The SMILES string of the molecule is CCCCCCCCc1ccc(OCC(=O)Cn2ccc3ccc(C(=O)O)cc32)cc1. The number of Topliss-reactive ketones (excluding diaryl/α,β-unsaturated/α-hetero) is 1. The van der Waals surface area contributed by atoms with Gasteiger partial charge in [0.1, 0.15) is 12.4 Å². The molecule has 0 unspecified atom stereocenters. The Labute approximate surface area is 183 Å². The smallest absolute Gasteiger partial charge is 0.335 e. The molecule has 0 radical (unpaired) electrons. The molecule has 0 aliphatic rings. The molecule has 5 nitrogen and oxygen atoms in total. The maximum Gasteiger partial charge on any atom is 0.335 e. The second-order valence-electron chi connectivity index (χ2n) is 8.01. The van der Waals surface area contributed by atoms with Gasteiger partial charge in [-0.3, -0.25) is 4.79 Å². The normalized spacial score (nSPS) is 11.0. The molecule has 0 fully saturated rings. The van der Waals surface area contributed by atoms with Gasteiger partial charge in [-0.25, -0.2) is 4.79 Å². The molecule has 0 saturated carbocycles. The lowest BCUT2D eigenvalue weighted by atomic mass is 10.0. The summed E-state index contributed by atoms with van der Waals surface area (Å²) >= 11 is 0. The minimum absolute atomic E-state index is 0.0188. The minimum atomic E-state index is -0.982. The second-order valence-corrected chi connectivity index (χ2v) is 8.01. The van der Waals surface area contributed by atoms with Gasteiger partial charge in [0.2, 0.25) is 0 Å². The number of carboxylic acids is 1. The molecular weight excluding hydrogens is 390 g/mol. The number of aromatic carboxylic acids is 1. The van der Waals surface area contributed by atoms with Gasteiger partial charge in [0.15, 0.2) is 5.78 Å². The minimum Gasteiger partial charge on any atom is -0.486 e. The van der Waals surface area contributed by atoms with Crippen LogP contribution in [0.3, 0.4) is 0 Å². The van der Waals surface area contributed by atoms with Gasteiger partial charge in [-0.05, 0) is 54.1 Å². The Kier molecular flexibility index (Phi) is 8.27. The number of benzene rings is 2. The maximum absolute atomic E-state index is 12.4. The Bertz CT molecular complexity index is 1000. The van der Waals surface area contributed by atoms with Crippen LogP contribution in [0.25, 0.3) is 10.9 Å². The number of rotatable bonds is 13. The van der Waals surface area contributed by atoms with E-state index in [2.05, 4.69) is 19.1 Å². The summed E-state index contributed by atoms with van der Waals surface area (Å²) < 4.78 is 7.42. The largest absolute Gasteiger partial charge is 0.486 e. The fourth-order valence-electron chi connectivity index (χ4n) is 3.72. The number of fused-ring (bicyclic) bond motifs is 1. The third kappa shape index (κ3) is 6.71. The van der Waals surface area contributed by atoms with E-state index < -0.39 is 5.97 Å². The number of hydrogen-bond donors (Lipinski definition) is 1. The van der Waals surface area contributed by atoms with Crippen LogP contribution in [0.15, 0.2) is 54.7 Å². The van der Waals surface area contributed by atoms with Crippen molar-refractivity contribution in [2.45, 2.75) is 58.4 Å². The average molecular weight is 422 g/mol. The molecule has 5 heteroatoms. The second kappa shape index (κ2) is 11.3. The van der Waals surface area contributed by atoms with E-state index in [4.69, 9.17) is 4.74 Å². The number of ketones is 1. The van der Waals surface area contributed by atoms with Crippen LogP contribution in [0.2, 0.25) is 0 Å². The van der Waals surface area contributed by atoms with Gasteiger partial charge in [-0.1, -0.05) is 57.2 Å². The number of carbonyl (C=O) groups is 2. The summed E-state index contributed by atoms with van der Waals surface area (Å²) in [4.78, 5) is 23.6. The molecular formula is C26H31NO4. The topological polar surface area (TPSA) is 68.5 Å². The number of unbranched alkanes of at least 4 members (excludes halogenated alkanes) is 5. The molecule has 1 heterocycles. The number of aromatic nitrogens is 1. The van der Waals surface area contributed by atoms with E-state index in [-0.39, 0.29) is 24.5 Å². The van der Waals surface area contributed by atoms with Crippen molar-refractivity contribution in [2.75, 3.05) is 6.61 Å². The zero-order chi connectivity index (χ0) is 22.1. The van der Waals surface area contributed by atoms with Crippen molar-refractivity contribution >= 4 is 22.7 Å². The Hall–Kier alpha value is -3.08. The molecule has 1 N–H and O–H groups in total. The van der Waals surface area contributed by atoms with Crippen molar-refractivity contribution in [3.8, 4) is 5.75 Å². The van der Waals surface area contributed by atoms with E-state index in [1.807, 2.05) is 18.2 Å². The number of hydrogen-bond acceptors (Lipinski definition) is 3. The van der Waals surface area contributed by atoms with Gasteiger partial charge in [0.05, 0.1) is 12.1 Å². The van der Waals surface area contributed by atoms with E-state index >= 15 is 0 Å². The fourth-order valence-corrected chi connectivity index (χ4v) is 3.72. The van der Waals surface area contributed by atoms with Crippen molar-refractivity contribution in [3.05, 3.63) is 65.9 Å². The highest BCUT2D eigenvalue weighted by Gasteiger charge is 2.10. The van der Waals surface area contributed by atoms with E-state index in [0.717, 1.165) is 17.3 Å². The van der Waals surface area contributed by atoms with Gasteiger partial charge >= 0.3 is 5.97 Å². The lowest BCUT2D eigenvalue weighted by molar-refractivity contribution is -0.121. The summed E-state index contributed by atoms with van der Waals surface area (Å²) in [6, 6.07) is 14.8. The predicted octanol–water partition coefficient (Wildman–Crippen LogP) is 5.89. The summed E-state index contributed by atoms with van der Waals surface area (Å²) in [5.74, 6) is -0.371. The first-order valence-corrected chi connectivity index (χ1v) is 11.1. The lowest BCUT2D eigenvalue weighted by Gasteiger charge is -2.09. The lowest BCUT2D eigenvalue weighted by Crippen LogP contribution is -2.17. The van der Waals surface area contributed by atoms with Gasteiger partial charge < -0.3 is 14.4 Å². The summed E-state index contributed by atoms with van der Waals surface area (Å²) in [5.41, 5.74) is 2.23. The van der Waals surface area contributed by atoms with E-state index in [0.29, 0.717) is 5.75 Å². The van der Waals surface area contributed by atoms with Crippen LogP contribution >= 0.6 is 0 Å². The van der Waals surface area contributed by atoms with Crippen molar-refractivity contribution in [2.24, 2.45) is 0 Å². The van der Waals surface area contributed by atoms with Gasteiger partial charge in [0.25, 0.3) is 0 Å². The van der Waals surface area contributed by atoms with Crippen molar-refractivity contribution < 1.29 is 19.4 Å². The molecule has 0 saturated heterocycles. The Morgan fingerprint density at radius 2 is 1.68 bits per heavy atom. The van der Waals surface area contributed by atoms with E-state index in [1.54, 1.807) is 29.0 Å². The quantitative estimate of drug-likeness (QED) is 0.349. The van der Waals surface area contributed by atoms with Crippen LogP contribution in [-0.2, 0) is 17.8 Å². The molecule has 0 atom stereocenters. The summed E-state index contributed by atoms with van der Waals surface area (Å²) in [7, 11) is 0. The van der Waals surface area contributed by atoms with Crippen LogP contribution in [0.4, 0.5) is 0 Å². The average Bonchev–Trinajstić information content (AvgIpc) is 3.17. The Morgan fingerprint density at radius 1 is 0.935 bits per heavy atom. The van der Waals surface area contributed by atoms with Crippen LogP contribution in [0.5, 0.6) is 5.75 Å². The number of aryl methyl sites for hydroxylation is 1. The molecule has 2 aromatic carbocycles. The van der Waals surface area contributed by atoms with Crippen molar-refractivity contribution in [3.63, 3.8) is 0 Å². The molecule has 0 bridgehead atoms. The van der Waals surface area contributed by atoms with E-state index in [9.17, 15) is 14.7 Å². The summed E-state index contributed by atoms with van der Waals surface area (Å²) in [5, 5.41) is 10.1. The molecule has 0 spiro atoms. The summed E-state index contributed by atoms with van der Waals surface area (Å²) in [6.07, 6.45) is 10.6. The third-order valence-corrected chi connectivity index (χ3v) is 5.51. The first-order valence-electron chi connectivity index (χ1n) is 11.1. The molecule has 31 heavy (non-hydrogen) atoms. The fraction of sp³-hybridized carbons (Fsp3) is 0.385. The van der Waals surface area contributed by atoms with E-state index in [1.165, 1.54) is 44.1 Å². The molecule has 0 aliphatic heterocycles. The highest BCUT2D eigenvalue weighted by Crippen LogP contribution is 2.19. The monoisotopic (exact) mass is 421 g/mol. The predicted molar refractivity (Wildman–Crippen MR) is 123 cm³/mol. The first-order chi connectivity index (χ1) is 15.1. The zero-order valence-corrected chi connectivity index (χ0v) is 18.2. The van der Waals surface area contributed by atoms with Crippen LogP contribution in [0, 0.1) is 0 Å². The van der Waals surface area contributed by atoms with Crippen molar-refractivity contribution in [1.29, 1.82) is 0 Å². The Balaban J connectivity index is 1.46. The number of carboxylic acid groups (broad SMARTS) is 1. The Morgan fingerprint density at radius 3 is 2.42 bits per heavy atom. The first kappa shape index (κ1) is 22.6. The number of nitrogens with zero attached hydrogens (tertiary/aromatic N) is 1. The highest BCUT2D eigenvalue weighted by atomic mass is 16.5. The van der Waals surface area contributed by atoms with Gasteiger partial charge in [-0.15, -0.1) is 0 Å². The molecule has 1 aromatic heterocycles. The molecule has 164 valence electrons. The maximum atomic E-state index is 12.4. The van der Waals surface area contributed by atoms with Crippen LogP contribution < -0.4 is 4.74 Å². The standard InChI is InChI=1S/C26H31NO4/c1-2-3-4-5-6-7-8-20-9-13-24(14-10-20)31-19-23(28)18-27-16-15-21-11-12-22(26(29)30)17-25(21)27/h9-17H,2-8,18-19H2,1H3,(H,29,30). The number of carbonyl (C=O) groups excluding carboxylic acids is 1. The molecule has 3 rings (SSSR count). The molecule has 0 amide bonds. The van der Waals surface area contributed by atoms with Gasteiger partial charge in [0, 0.05) is 11.7 Å².